The van der Waals surface area contributed by atoms with Gasteiger partial charge in [0, 0.05) is 6.42 Å². The molecular formula is C20H22FNO. The van der Waals surface area contributed by atoms with E-state index >= 15 is 0 Å². The van der Waals surface area contributed by atoms with Crippen LogP contribution in [0.3, 0.4) is 0 Å². The first-order valence-electron chi connectivity index (χ1n) is 7.79. The minimum absolute atomic E-state index is 0.0919. The number of para-hydroxylation sites is 1. The average Bonchev–Trinajstić information content (AvgIpc) is 2.52. The van der Waals surface area contributed by atoms with Gasteiger partial charge in [-0.25, -0.2) is 4.39 Å². The third kappa shape index (κ3) is 4.56. The van der Waals surface area contributed by atoms with Crippen LogP contribution in [0.1, 0.15) is 44.2 Å². The second-order valence-corrected chi connectivity index (χ2v) is 6.62. The normalized spacial score (nSPS) is 12.5. The lowest BCUT2D eigenvalue weighted by Crippen LogP contribution is -2.11. The van der Waals surface area contributed by atoms with Crippen molar-refractivity contribution < 1.29 is 9.13 Å². The number of ether oxygens (including phenoxy) is 1. The lowest BCUT2D eigenvalue weighted by atomic mass is 9.85. The van der Waals surface area contributed by atoms with Gasteiger partial charge >= 0.3 is 0 Å². The molecule has 23 heavy (non-hydrogen) atoms. The van der Waals surface area contributed by atoms with Crippen LogP contribution in [0.15, 0.2) is 48.5 Å². The molecule has 0 radical (unpaired) electrons. The lowest BCUT2D eigenvalue weighted by Gasteiger charge is -2.20. The average molecular weight is 311 g/mol. The van der Waals surface area contributed by atoms with Crippen molar-refractivity contribution in [2.24, 2.45) is 0 Å². The van der Waals surface area contributed by atoms with Crippen molar-refractivity contribution in [2.75, 3.05) is 6.61 Å². The highest BCUT2D eigenvalue weighted by atomic mass is 19.1. The Bertz CT molecular complexity index is 680. The van der Waals surface area contributed by atoms with E-state index in [0.29, 0.717) is 13.0 Å². The summed E-state index contributed by atoms with van der Waals surface area (Å²) in [5.74, 6) is -0.404. The summed E-state index contributed by atoms with van der Waals surface area (Å²) in [6.45, 7) is 6.78. The summed E-state index contributed by atoms with van der Waals surface area (Å²) >= 11 is 0. The van der Waals surface area contributed by atoms with Gasteiger partial charge in [-0.2, -0.15) is 5.26 Å². The van der Waals surface area contributed by atoms with Gasteiger partial charge in [0.05, 0.1) is 18.6 Å². The molecule has 0 aliphatic carbocycles. The molecule has 1 atom stereocenters. The van der Waals surface area contributed by atoms with Crippen molar-refractivity contribution >= 4 is 0 Å². The predicted molar refractivity (Wildman–Crippen MR) is 90.0 cm³/mol. The number of halogens is 1. The summed E-state index contributed by atoms with van der Waals surface area (Å²) in [4.78, 5) is 0. The topological polar surface area (TPSA) is 33.0 Å². The molecule has 0 spiro atoms. The maximum atomic E-state index is 13.5. The lowest BCUT2D eigenvalue weighted by molar-refractivity contribution is 0.291. The Kier molecular flexibility index (Phi) is 5.39. The molecule has 2 aromatic rings. The molecule has 0 amide bonds. The maximum Gasteiger partial charge on any atom is 0.165 e. The SMILES string of the molecule is CC(C)(C)c1ccc(C(C#N)CCOc2ccccc2F)cc1. The molecule has 3 heteroatoms. The molecule has 0 fully saturated rings. The molecule has 2 aromatic carbocycles. The molecule has 0 N–H and O–H groups in total. The van der Waals surface area contributed by atoms with Crippen LogP contribution in [0.5, 0.6) is 5.75 Å². The number of rotatable bonds is 5. The predicted octanol–water partition coefficient (Wildman–Crippen LogP) is 5.20. The highest BCUT2D eigenvalue weighted by Gasteiger charge is 2.16. The van der Waals surface area contributed by atoms with E-state index in [1.165, 1.54) is 11.6 Å². The third-order valence-electron chi connectivity index (χ3n) is 3.84. The fraction of sp³-hybridized carbons (Fsp3) is 0.350. The van der Waals surface area contributed by atoms with Crippen molar-refractivity contribution in [1.29, 1.82) is 5.26 Å². The van der Waals surface area contributed by atoms with Crippen LogP contribution in [0.2, 0.25) is 0 Å². The quantitative estimate of drug-likeness (QED) is 0.760. The van der Waals surface area contributed by atoms with E-state index in [1.54, 1.807) is 18.2 Å². The molecule has 0 saturated heterocycles. The zero-order valence-electron chi connectivity index (χ0n) is 13.8. The Morgan fingerprint density at radius 2 is 1.74 bits per heavy atom. The number of hydrogen-bond donors (Lipinski definition) is 0. The van der Waals surface area contributed by atoms with Gasteiger partial charge in [0.1, 0.15) is 0 Å². The van der Waals surface area contributed by atoms with E-state index in [-0.39, 0.29) is 22.9 Å². The molecular weight excluding hydrogens is 289 g/mol. The second-order valence-electron chi connectivity index (χ2n) is 6.62. The van der Waals surface area contributed by atoms with Crippen molar-refractivity contribution in [1.82, 2.24) is 0 Å². The van der Waals surface area contributed by atoms with Gasteiger partial charge < -0.3 is 4.74 Å². The van der Waals surface area contributed by atoms with E-state index < -0.39 is 0 Å². The first kappa shape index (κ1) is 17.0. The van der Waals surface area contributed by atoms with E-state index in [2.05, 4.69) is 39.0 Å². The minimum Gasteiger partial charge on any atom is -0.490 e. The summed E-state index contributed by atoms with van der Waals surface area (Å²) in [5, 5.41) is 9.38. The number of benzene rings is 2. The third-order valence-corrected chi connectivity index (χ3v) is 3.84. The second kappa shape index (κ2) is 7.28. The number of nitriles is 1. The minimum atomic E-state index is -0.379. The molecule has 0 bridgehead atoms. The maximum absolute atomic E-state index is 13.5. The van der Waals surface area contributed by atoms with Crippen molar-refractivity contribution in [3.63, 3.8) is 0 Å². The molecule has 0 aromatic heterocycles. The van der Waals surface area contributed by atoms with Crippen LogP contribution in [0, 0.1) is 17.1 Å². The molecule has 1 unspecified atom stereocenters. The fourth-order valence-corrected chi connectivity index (χ4v) is 2.37. The summed E-state index contributed by atoms with van der Waals surface area (Å²) in [5.41, 5.74) is 2.30. The van der Waals surface area contributed by atoms with Crippen LogP contribution in [-0.2, 0) is 5.41 Å². The highest BCUT2D eigenvalue weighted by Crippen LogP contribution is 2.26. The van der Waals surface area contributed by atoms with Crippen LogP contribution in [0.4, 0.5) is 4.39 Å². The van der Waals surface area contributed by atoms with E-state index in [0.717, 1.165) is 5.56 Å². The van der Waals surface area contributed by atoms with Crippen LogP contribution in [-0.4, -0.2) is 6.61 Å². The van der Waals surface area contributed by atoms with Gasteiger partial charge in [0.25, 0.3) is 0 Å². The molecule has 0 aliphatic rings. The first-order valence-corrected chi connectivity index (χ1v) is 7.79. The molecule has 2 nitrogen and oxygen atoms in total. The molecule has 0 heterocycles. The van der Waals surface area contributed by atoms with Gasteiger partial charge in [-0.15, -0.1) is 0 Å². The van der Waals surface area contributed by atoms with Crippen LogP contribution in [0.25, 0.3) is 0 Å². The molecule has 0 saturated carbocycles. The standard InChI is InChI=1S/C20H22FNO/c1-20(2,3)17-10-8-15(9-11-17)16(14-22)12-13-23-19-7-5-4-6-18(19)21/h4-11,16H,12-13H2,1-3H3. The van der Waals surface area contributed by atoms with E-state index in [4.69, 9.17) is 4.74 Å². The summed E-state index contributed by atoms with van der Waals surface area (Å²) in [6, 6.07) is 16.7. The van der Waals surface area contributed by atoms with Crippen LogP contribution < -0.4 is 4.74 Å². The summed E-state index contributed by atoms with van der Waals surface area (Å²) < 4.78 is 18.9. The van der Waals surface area contributed by atoms with Crippen molar-refractivity contribution in [3.8, 4) is 11.8 Å². The van der Waals surface area contributed by atoms with Gasteiger partial charge in [0.2, 0.25) is 0 Å². The summed E-state index contributed by atoms with van der Waals surface area (Å²) in [6.07, 6.45) is 0.527. The van der Waals surface area contributed by atoms with Crippen LogP contribution >= 0.6 is 0 Å². The fourth-order valence-electron chi connectivity index (χ4n) is 2.37. The zero-order chi connectivity index (χ0) is 16.9. The van der Waals surface area contributed by atoms with E-state index in [1.807, 2.05) is 12.1 Å². The Morgan fingerprint density at radius 3 is 2.30 bits per heavy atom. The van der Waals surface area contributed by atoms with Crippen molar-refractivity contribution in [3.05, 3.63) is 65.5 Å². The zero-order valence-corrected chi connectivity index (χ0v) is 13.8. The number of hydrogen-bond acceptors (Lipinski definition) is 2. The van der Waals surface area contributed by atoms with E-state index in [9.17, 15) is 9.65 Å². The Hall–Kier alpha value is -2.34. The molecule has 120 valence electrons. The monoisotopic (exact) mass is 311 g/mol. The highest BCUT2D eigenvalue weighted by molar-refractivity contribution is 5.32. The van der Waals surface area contributed by atoms with Gasteiger partial charge in [0.15, 0.2) is 11.6 Å². The smallest absolute Gasteiger partial charge is 0.165 e. The Balaban J connectivity index is 1.98. The Morgan fingerprint density at radius 1 is 1.09 bits per heavy atom. The molecule has 2 rings (SSSR count). The van der Waals surface area contributed by atoms with Gasteiger partial charge in [-0.1, -0.05) is 57.2 Å². The Labute approximate surface area is 137 Å². The largest absolute Gasteiger partial charge is 0.490 e. The van der Waals surface area contributed by atoms with Crippen molar-refractivity contribution in [2.45, 2.75) is 38.5 Å². The molecule has 0 aliphatic heterocycles. The summed E-state index contributed by atoms with van der Waals surface area (Å²) in [7, 11) is 0. The van der Waals surface area contributed by atoms with Gasteiger partial charge in [-0.05, 0) is 28.7 Å². The number of nitrogens with zero attached hydrogens (tertiary/aromatic N) is 1. The first-order chi connectivity index (χ1) is 10.9. The van der Waals surface area contributed by atoms with Gasteiger partial charge in [-0.3, -0.25) is 0 Å².